The molecular formula is C14H14N2O3S. The molecule has 20 heavy (non-hydrogen) atoms. The lowest BCUT2D eigenvalue weighted by molar-refractivity contribution is 0.0591. The summed E-state index contributed by atoms with van der Waals surface area (Å²) in [6, 6.07) is 9.58. The molecule has 0 amide bonds. The number of methoxy groups -OCH3 is 1. The van der Waals surface area contributed by atoms with Gasteiger partial charge in [0, 0.05) is 19.7 Å². The molecule has 1 aromatic carbocycles. The maximum Gasteiger partial charge on any atom is 0.358 e. The van der Waals surface area contributed by atoms with Gasteiger partial charge in [0.2, 0.25) is 0 Å². The third-order valence-electron chi connectivity index (χ3n) is 2.74. The van der Waals surface area contributed by atoms with Gasteiger partial charge < -0.3 is 9.64 Å². The molecule has 5 nitrogen and oxygen atoms in total. The molecule has 1 heterocycles. The zero-order valence-corrected chi connectivity index (χ0v) is 12.2. The molecule has 1 aromatic heterocycles. The lowest BCUT2D eigenvalue weighted by Crippen LogP contribution is -2.10. The first-order valence-corrected chi connectivity index (χ1v) is 6.75. The van der Waals surface area contributed by atoms with Gasteiger partial charge in [-0.3, -0.25) is 4.79 Å². The minimum atomic E-state index is -0.598. The van der Waals surface area contributed by atoms with E-state index in [0.29, 0.717) is 10.0 Å². The van der Waals surface area contributed by atoms with E-state index >= 15 is 0 Å². The van der Waals surface area contributed by atoms with Gasteiger partial charge in [-0.25, -0.2) is 9.78 Å². The van der Waals surface area contributed by atoms with Gasteiger partial charge in [-0.2, -0.15) is 0 Å². The summed E-state index contributed by atoms with van der Waals surface area (Å²) in [4.78, 5) is 29.6. The van der Waals surface area contributed by atoms with Crippen molar-refractivity contribution in [2.45, 2.75) is 6.92 Å². The van der Waals surface area contributed by atoms with Crippen LogP contribution in [0.1, 0.15) is 27.1 Å². The average Bonchev–Trinajstić information content (AvgIpc) is 2.92. The molecule has 0 unspecified atom stereocenters. The van der Waals surface area contributed by atoms with Crippen LogP contribution < -0.4 is 4.90 Å². The van der Waals surface area contributed by atoms with Crippen LogP contribution in [0, 0.1) is 0 Å². The highest BCUT2D eigenvalue weighted by molar-refractivity contribution is 7.17. The predicted octanol–water partition coefficient (Wildman–Crippen LogP) is 2.90. The number of hydrogen-bond acceptors (Lipinski definition) is 6. The molecule has 0 aliphatic rings. The van der Waals surface area contributed by atoms with Crippen LogP contribution in [-0.2, 0) is 4.74 Å². The van der Waals surface area contributed by atoms with E-state index in [2.05, 4.69) is 9.72 Å². The molecule has 0 atom stereocenters. The second-order valence-corrected chi connectivity index (χ2v) is 5.09. The van der Waals surface area contributed by atoms with E-state index in [0.717, 1.165) is 5.69 Å². The number of nitrogens with zero attached hydrogens (tertiary/aromatic N) is 2. The van der Waals surface area contributed by atoms with Gasteiger partial charge in [-0.1, -0.05) is 29.5 Å². The monoisotopic (exact) mass is 290 g/mol. The van der Waals surface area contributed by atoms with Crippen molar-refractivity contribution < 1.29 is 14.3 Å². The molecule has 0 aliphatic carbocycles. The van der Waals surface area contributed by atoms with E-state index < -0.39 is 5.97 Å². The molecule has 2 aromatic rings. The highest BCUT2D eigenvalue weighted by Crippen LogP contribution is 2.31. The molecule has 0 saturated heterocycles. The highest BCUT2D eigenvalue weighted by Gasteiger charge is 2.23. The number of anilines is 2. The summed E-state index contributed by atoms with van der Waals surface area (Å²) in [5.74, 6) is -0.797. The number of ether oxygens (including phenoxy) is 1. The van der Waals surface area contributed by atoms with Crippen molar-refractivity contribution in [1.82, 2.24) is 4.98 Å². The van der Waals surface area contributed by atoms with E-state index in [9.17, 15) is 9.59 Å². The van der Waals surface area contributed by atoms with E-state index in [4.69, 9.17) is 0 Å². The summed E-state index contributed by atoms with van der Waals surface area (Å²) < 4.78 is 4.66. The van der Waals surface area contributed by atoms with Gasteiger partial charge in [-0.05, 0) is 12.1 Å². The first-order chi connectivity index (χ1) is 9.54. The Hall–Kier alpha value is -2.21. The maximum atomic E-state index is 11.7. The summed E-state index contributed by atoms with van der Waals surface area (Å²) in [6.45, 7) is 1.41. The normalized spacial score (nSPS) is 10.2. The van der Waals surface area contributed by atoms with Crippen molar-refractivity contribution in [2.75, 3.05) is 19.1 Å². The highest BCUT2D eigenvalue weighted by atomic mass is 32.1. The lowest BCUT2D eigenvalue weighted by atomic mass is 10.3. The number of Topliss-reactive ketones (excluding diaryl/α,β-unsaturated/α-hetero) is 1. The Kier molecular flexibility index (Phi) is 4.14. The van der Waals surface area contributed by atoms with Crippen LogP contribution in [0.25, 0.3) is 0 Å². The van der Waals surface area contributed by atoms with Crippen molar-refractivity contribution in [2.24, 2.45) is 0 Å². The van der Waals surface area contributed by atoms with Gasteiger partial charge in [0.15, 0.2) is 16.6 Å². The number of benzene rings is 1. The fourth-order valence-corrected chi connectivity index (χ4v) is 2.62. The number of aromatic nitrogens is 1. The van der Waals surface area contributed by atoms with Gasteiger partial charge in [0.1, 0.15) is 4.88 Å². The van der Waals surface area contributed by atoms with Crippen molar-refractivity contribution in [3.8, 4) is 0 Å². The van der Waals surface area contributed by atoms with E-state index in [-0.39, 0.29) is 11.5 Å². The van der Waals surface area contributed by atoms with Crippen LogP contribution in [0.15, 0.2) is 30.3 Å². The standard InChI is InChI=1S/C14H14N2O3S/c1-9(17)12-11(13(18)19-3)15-14(20-12)16(2)10-7-5-4-6-8-10/h4-8H,1-3H3. The number of rotatable bonds is 4. The molecule has 0 N–H and O–H groups in total. The zero-order valence-electron chi connectivity index (χ0n) is 11.4. The molecule has 0 radical (unpaired) electrons. The fraction of sp³-hybridized carbons (Fsp3) is 0.214. The molecule has 0 bridgehead atoms. The summed E-state index contributed by atoms with van der Waals surface area (Å²) in [5, 5.41) is 0.571. The van der Waals surface area contributed by atoms with Crippen LogP contribution in [0.3, 0.4) is 0 Å². The maximum absolute atomic E-state index is 11.7. The van der Waals surface area contributed by atoms with Crippen molar-refractivity contribution in [3.63, 3.8) is 0 Å². The first kappa shape index (κ1) is 14.2. The average molecular weight is 290 g/mol. The first-order valence-electron chi connectivity index (χ1n) is 5.93. The molecule has 0 saturated carbocycles. The minimum absolute atomic E-state index is 0.0720. The topological polar surface area (TPSA) is 59.5 Å². The van der Waals surface area contributed by atoms with E-state index in [1.165, 1.54) is 25.4 Å². The molecular weight excluding hydrogens is 276 g/mol. The Bertz CT molecular complexity index is 637. The third-order valence-corrected chi connectivity index (χ3v) is 3.98. The number of carbonyl (C=O) groups excluding carboxylic acids is 2. The summed E-state index contributed by atoms with van der Waals surface area (Å²) in [5.41, 5.74) is 0.996. The van der Waals surface area contributed by atoms with Crippen LogP contribution in [-0.4, -0.2) is 30.9 Å². The molecule has 6 heteroatoms. The van der Waals surface area contributed by atoms with E-state index in [1.54, 1.807) is 0 Å². The zero-order chi connectivity index (χ0) is 14.7. The fourth-order valence-electron chi connectivity index (χ4n) is 1.69. The number of esters is 1. The Morgan fingerprint density at radius 2 is 1.90 bits per heavy atom. The van der Waals surface area contributed by atoms with Crippen molar-refractivity contribution in [1.29, 1.82) is 0 Å². The molecule has 0 fully saturated rings. The summed E-state index contributed by atoms with van der Waals surface area (Å²) in [6.07, 6.45) is 0. The van der Waals surface area contributed by atoms with E-state index in [1.807, 2.05) is 42.3 Å². The summed E-state index contributed by atoms with van der Waals surface area (Å²) in [7, 11) is 3.10. The Labute approximate surface area is 120 Å². The number of hydrogen-bond donors (Lipinski definition) is 0. The lowest BCUT2D eigenvalue weighted by Gasteiger charge is -2.15. The number of carbonyl (C=O) groups is 2. The van der Waals surface area contributed by atoms with Crippen LogP contribution in [0.5, 0.6) is 0 Å². The van der Waals surface area contributed by atoms with Gasteiger partial charge in [0.25, 0.3) is 0 Å². The Morgan fingerprint density at radius 1 is 1.25 bits per heavy atom. The number of thiazole rings is 1. The van der Waals surface area contributed by atoms with Gasteiger partial charge in [0.05, 0.1) is 7.11 Å². The molecule has 0 aliphatic heterocycles. The van der Waals surface area contributed by atoms with Crippen LogP contribution >= 0.6 is 11.3 Å². The molecule has 104 valence electrons. The second-order valence-electron chi connectivity index (χ2n) is 4.12. The van der Waals surface area contributed by atoms with Crippen molar-refractivity contribution >= 4 is 33.9 Å². The molecule has 2 rings (SSSR count). The van der Waals surface area contributed by atoms with Gasteiger partial charge in [-0.15, -0.1) is 0 Å². The number of ketones is 1. The summed E-state index contributed by atoms with van der Waals surface area (Å²) >= 11 is 1.18. The van der Waals surface area contributed by atoms with Crippen LogP contribution in [0.4, 0.5) is 10.8 Å². The minimum Gasteiger partial charge on any atom is -0.464 e. The number of para-hydroxylation sites is 1. The van der Waals surface area contributed by atoms with Crippen LogP contribution in [0.2, 0.25) is 0 Å². The second kappa shape index (κ2) is 5.83. The largest absolute Gasteiger partial charge is 0.464 e. The smallest absolute Gasteiger partial charge is 0.358 e. The molecule has 0 spiro atoms. The van der Waals surface area contributed by atoms with Crippen molar-refractivity contribution in [3.05, 3.63) is 40.9 Å². The predicted molar refractivity (Wildman–Crippen MR) is 78.0 cm³/mol. The Balaban J connectivity index is 2.43. The SMILES string of the molecule is COC(=O)c1nc(N(C)c2ccccc2)sc1C(C)=O. The quantitative estimate of drug-likeness (QED) is 0.640. The Morgan fingerprint density at radius 3 is 2.45 bits per heavy atom. The third kappa shape index (κ3) is 2.70. The van der Waals surface area contributed by atoms with Gasteiger partial charge >= 0.3 is 5.97 Å².